The number of aryl methyl sites for hydroxylation is 1. The number of rotatable bonds is 4. The normalized spacial score (nSPS) is 19.1. The van der Waals surface area contributed by atoms with E-state index in [2.05, 4.69) is 36.5 Å². The highest BCUT2D eigenvalue weighted by Crippen LogP contribution is 2.35. The Morgan fingerprint density at radius 1 is 1.10 bits per heavy atom. The number of aromatic hydroxyl groups is 1. The Hall–Kier alpha value is -2.69. The van der Waals surface area contributed by atoms with E-state index in [-0.39, 0.29) is 17.6 Å². The van der Waals surface area contributed by atoms with Gasteiger partial charge in [0.2, 0.25) is 0 Å². The zero-order chi connectivity index (χ0) is 20.4. The van der Waals surface area contributed by atoms with Gasteiger partial charge in [-0.15, -0.1) is 0 Å². The quantitative estimate of drug-likeness (QED) is 0.558. The van der Waals surface area contributed by atoms with Crippen LogP contribution in [0, 0.1) is 5.82 Å². The molecule has 1 aliphatic rings. The van der Waals surface area contributed by atoms with Crippen LogP contribution in [-0.2, 0) is 6.42 Å². The number of nitrogens with zero attached hydrogens (tertiary/aromatic N) is 1. The Labute approximate surface area is 174 Å². The van der Waals surface area contributed by atoms with Gasteiger partial charge in [0, 0.05) is 28.8 Å². The second kappa shape index (κ2) is 8.36. The summed E-state index contributed by atoms with van der Waals surface area (Å²) in [5.74, 6) is -0.131. The van der Waals surface area contributed by atoms with E-state index < -0.39 is 6.17 Å². The van der Waals surface area contributed by atoms with Crippen LogP contribution in [-0.4, -0.2) is 10.8 Å². The van der Waals surface area contributed by atoms with Crippen LogP contribution in [0.5, 0.6) is 5.75 Å². The highest BCUT2D eigenvalue weighted by molar-refractivity contribution is 6.30. The van der Waals surface area contributed by atoms with Gasteiger partial charge >= 0.3 is 0 Å². The minimum atomic E-state index is -0.427. The van der Waals surface area contributed by atoms with E-state index >= 15 is 0 Å². The molecule has 2 N–H and O–H groups in total. The summed E-state index contributed by atoms with van der Waals surface area (Å²) in [5.41, 5.74) is 4.63. The number of nitrogens with one attached hydrogen (secondary N) is 1. The van der Waals surface area contributed by atoms with Gasteiger partial charge in [0.15, 0.2) is 0 Å². The molecule has 0 saturated carbocycles. The molecule has 0 spiro atoms. The predicted octanol–water partition coefficient (Wildman–Crippen LogP) is 5.97. The summed E-state index contributed by atoms with van der Waals surface area (Å²) >= 11 is 6.18. The maximum absolute atomic E-state index is 13.8. The number of phenols is 1. The Morgan fingerprint density at radius 3 is 2.62 bits per heavy atom. The average Bonchev–Trinajstić information content (AvgIpc) is 2.75. The number of phenolic OH excluding ortho intramolecular Hbond substituents is 1. The Kier molecular flexibility index (Phi) is 5.65. The molecule has 0 amide bonds. The summed E-state index contributed by atoms with van der Waals surface area (Å²) in [6.07, 6.45) is 1.13. The molecular formula is C24H22ClFN2O. The van der Waals surface area contributed by atoms with Crippen LogP contribution in [0.25, 0.3) is 0 Å². The standard InChI is InChI=1S/C24H22ClFN2O/c1-2-15-6-8-16(9-7-15)21-14-22(20-13-18(25)10-11-23(20)29)28-24(27-21)17-4-3-5-19(26)12-17/h3-13,22,24,28-29H,2,14H2,1H3/t22-,24-/m0/s1. The van der Waals surface area contributed by atoms with Gasteiger partial charge in [-0.25, -0.2) is 4.39 Å². The lowest BCUT2D eigenvalue weighted by molar-refractivity contribution is 0.412. The molecule has 148 valence electrons. The number of benzene rings is 3. The lowest BCUT2D eigenvalue weighted by Gasteiger charge is -2.31. The molecule has 3 nitrogen and oxygen atoms in total. The summed E-state index contributed by atoms with van der Waals surface area (Å²) in [6, 6.07) is 19.6. The van der Waals surface area contributed by atoms with Crippen molar-refractivity contribution in [3.63, 3.8) is 0 Å². The molecule has 4 rings (SSSR count). The van der Waals surface area contributed by atoms with Crippen LogP contribution in [0.4, 0.5) is 4.39 Å². The van der Waals surface area contributed by atoms with E-state index in [1.807, 2.05) is 6.07 Å². The molecule has 0 radical (unpaired) electrons. The van der Waals surface area contributed by atoms with Gasteiger partial charge in [0.05, 0.1) is 0 Å². The van der Waals surface area contributed by atoms with Crippen molar-refractivity contribution in [2.24, 2.45) is 4.99 Å². The number of halogens is 2. The van der Waals surface area contributed by atoms with Gasteiger partial charge < -0.3 is 5.11 Å². The van der Waals surface area contributed by atoms with Crippen LogP contribution < -0.4 is 5.32 Å². The second-order valence-electron chi connectivity index (χ2n) is 7.21. The van der Waals surface area contributed by atoms with Gasteiger partial charge in [-0.3, -0.25) is 10.3 Å². The maximum Gasteiger partial charge on any atom is 0.126 e. The summed E-state index contributed by atoms with van der Waals surface area (Å²) < 4.78 is 13.8. The Morgan fingerprint density at radius 2 is 1.90 bits per heavy atom. The topological polar surface area (TPSA) is 44.6 Å². The average molecular weight is 409 g/mol. The van der Waals surface area contributed by atoms with Crippen molar-refractivity contribution in [1.82, 2.24) is 5.32 Å². The van der Waals surface area contributed by atoms with Crippen LogP contribution >= 0.6 is 11.6 Å². The third-order valence-corrected chi connectivity index (χ3v) is 5.50. The van der Waals surface area contributed by atoms with Crippen molar-refractivity contribution >= 4 is 17.3 Å². The van der Waals surface area contributed by atoms with Crippen LogP contribution in [0.2, 0.25) is 5.02 Å². The van der Waals surface area contributed by atoms with Gasteiger partial charge in [-0.1, -0.05) is 54.9 Å². The third-order valence-electron chi connectivity index (χ3n) is 5.27. The first-order valence-electron chi connectivity index (χ1n) is 9.69. The Bertz CT molecular complexity index is 1050. The minimum absolute atomic E-state index is 0.174. The molecule has 0 fully saturated rings. The first kappa shape index (κ1) is 19.6. The molecule has 0 bridgehead atoms. The zero-order valence-electron chi connectivity index (χ0n) is 16.1. The monoisotopic (exact) mass is 408 g/mol. The maximum atomic E-state index is 13.8. The van der Waals surface area contributed by atoms with Gasteiger partial charge in [-0.05, 0) is 53.4 Å². The molecule has 0 saturated heterocycles. The minimum Gasteiger partial charge on any atom is -0.508 e. The van der Waals surface area contributed by atoms with Crippen molar-refractivity contribution in [2.75, 3.05) is 0 Å². The molecule has 3 aromatic carbocycles. The Balaban J connectivity index is 1.76. The molecule has 0 aliphatic carbocycles. The summed E-state index contributed by atoms with van der Waals surface area (Å²) in [5, 5.41) is 14.4. The SMILES string of the molecule is CCc1ccc(C2=N[C@H](c3cccc(F)c3)N[C@H](c3cc(Cl)ccc3O)C2)cc1. The largest absolute Gasteiger partial charge is 0.508 e. The second-order valence-corrected chi connectivity index (χ2v) is 7.65. The number of aliphatic imine (C=N–C) groups is 1. The van der Waals surface area contributed by atoms with E-state index in [1.165, 1.54) is 17.7 Å². The lowest BCUT2D eigenvalue weighted by Crippen LogP contribution is -2.33. The van der Waals surface area contributed by atoms with E-state index in [0.29, 0.717) is 17.0 Å². The van der Waals surface area contributed by atoms with E-state index in [9.17, 15) is 9.50 Å². The number of hydrogen-bond donors (Lipinski definition) is 2. The van der Waals surface area contributed by atoms with Crippen molar-refractivity contribution in [3.05, 3.63) is 99.8 Å². The van der Waals surface area contributed by atoms with Crippen molar-refractivity contribution in [2.45, 2.75) is 32.0 Å². The highest BCUT2D eigenvalue weighted by Gasteiger charge is 2.28. The molecule has 1 heterocycles. The van der Waals surface area contributed by atoms with E-state index in [1.54, 1.807) is 24.3 Å². The zero-order valence-corrected chi connectivity index (χ0v) is 16.8. The molecular weight excluding hydrogens is 387 g/mol. The smallest absolute Gasteiger partial charge is 0.126 e. The number of hydrogen-bond acceptors (Lipinski definition) is 3. The summed E-state index contributed by atoms with van der Waals surface area (Å²) in [7, 11) is 0. The van der Waals surface area contributed by atoms with Gasteiger partial charge in [0.25, 0.3) is 0 Å². The fourth-order valence-corrected chi connectivity index (χ4v) is 3.85. The highest BCUT2D eigenvalue weighted by atomic mass is 35.5. The first-order valence-corrected chi connectivity index (χ1v) is 10.1. The molecule has 1 aliphatic heterocycles. The summed E-state index contributed by atoms with van der Waals surface area (Å²) in [6.45, 7) is 2.12. The van der Waals surface area contributed by atoms with Gasteiger partial charge in [-0.2, -0.15) is 0 Å². The van der Waals surface area contributed by atoms with Crippen molar-refractivity contribution < 1.29 is 9.50 Å². The van der Waals surface area contributed by atoms with Crippen LogP contribution in [0.3, 0.4) is 0 Å². The van der Waals surface area contributed by atoms with E-state index in [0.717, 1.165) is 23.3 Å². The molecule has 0 unspecified atom stereocenters. The van der Waals surface area contributed by atoms with E-state index in [4.69, 9.17) is 16.6 Å². The molecule has 5 heteroatoms. The predicted molar refractivity (Wildman–Crippen MR) is 115 cm³/mol. The fraction of sp³-hybridized carbons (Fsp3) is 0.208. The third kappa shape index (κ3) is 4.34. The molecule has 2 atom stereocenters. The first-order chi connectivity index (χ1) is 14.0. The van der Waals surface area contributed by atoms with Crippen molar-refractivity contribution in [1.29, 1.82) is 0 Å². The van der Waals surface area contributed by atoms with Crippen LogP contribution in [0.15, 0.2) is 71.7 Å². The molecule has 0 aromatic heterocycles. The molecule has 29 heavy (non-hydrogen) atoms. The van der Waals surface area contributed by atoms with Crippen molar-refractivity contribution in [3.8, 4) is 5.75 Å². The summed E-state index contributed by atoms with van der Waals surface area (Å²) in [4.78, 5) is 4.87. The van der Waals surface area contributed by atoms with Gasteiger partial charge in [0.1, 0.15) is 17.7 Å². The fourth-order valence-electron chi connectivity index (χ4n) is 3.67. The van der Waals surface area contributed by atoms with Crippen LogP contribution in [0.1, 0.15) is 47.8 Å². The molecule has 3 aromatic rings. The lowest BCUT2D eigenvalue weighted by atomic mass is 9.93.